The average molecular weight is 413 g/mol. The van der Waals surface area contributed by atoms with E-state index < -0.39 is 0 Å². The molecule has 2 aliphatic carbocycles. The molecule has 154 valence electrons. The van der Waals surface area contributed by atoms with E-state index in [0.29, 0.717) is 29.9 Å². The van der Waals surface area contributed by atoms with Crippen molar-refractivity contribution in [2.45, 2.75) is 56.7 Å². The molecule has 1 aromatic carbocycles. The maximum atomic E-state index is 12.3. The van der Waals surface area contributed by atoms with Crippen molar-refractivity contribution in [1.82, 2.24) is 5.32 Å². The SMILES string of the molecule is CC(C)(C)c1ccc(C(=O)OCCC2SC(=NC3CC4C=CC3C4)NC2=O)cc1. The van der Waals surface area contributed by atoms with Crippen LogP contribution in [0.15, 0.2) is 41.4 Å². The Bertz CT molecular complexity index is 854. The van der Waals surface area contributed by atoms with Gasteiger partial charge in [-0.1, -0.05) is 56.8 Å². The van der Waals surface area contributed by atoms with Crippen molar-refractivity contribution in [3.05, 3.63) is 47.5 Å². The summed E-state index contributed by atoms with van der Waals surface area (Å²) in [6.45, 7) is 6.62. The Labute approximate surface area is 176 Å². The summed E-state index contributed by atoms with van der Waals surface area (Å²) in [5.74, 6) is 0.786. The molecule has 0 aromatic heterocycles. The lowest BCUT2D eigenvalue weighted by atomic mass is 9.87. The summed E-state index contributed by atoms with van der Waals surface area (Å²) < 4.78 is 5.39. The maximum absolute atomic E-state index is 12.3. The molecule has 1 N–H and O–H groups in total. The predicted octanol–water partition coefficient (Wildman–Crippen LogP) is 4.08. The van der Waals surface area contributed by atoms with Crippen LogP contribution in [0.4, 0.5) is 0 Å². The van der Waals surface area contributed by atoms with Gasteiger partial charge in [-0.25, -0.2) is 4.79 Å². The van der Waals surface area contributed by atoms with E-state index in [9.17, 15) is 9.59 Å². The molecule has 4 atom stereocenters. The third kappa shape index (κ3) is 4.58. The fourth-order valence-corrected chi connectivity index (χ4v) is 5.16. The Morgan fingerprint density at radius 2 is 1.97 bits per heavy atom. The molecule has 0 radical (unpaired) electrons. The molecule has 5 nitrogen and oxygen atoms in total. The Kier molecular flexibility index (Phi) is 5.56. The molecule has 3 aliphatic rings. The summed E-state index contributed by atoms with van der Waals surface area (Å²) in [7, 11) is 0. The minimum Gasteiger partial charge on any atom is -0.462 e. The number of rotatable bonds is 5. The highest BCUT2D eigenvalue weighted by Crippen LogP contribution is 2.41. The summed E-state index contributed by atoms with van der Waals surface area (Å²) in [5, 5.41) is 3.36. The Morgan fingerprint density at radius 1 is 1.21 bits per heavy atom. The summed E-state index contributed by atoms with van der Waals surface area (Å²) >= 11 is 1.46. The average Bonchev–Trinajstić information content (AvgIpc) is 3.37. The highest BCUT2D eigenvalue weighted by Gasteiger charge is 2.37. The van der Waals surface area contributed by atoms with Crippen LogP contribution in [0.2, 0.25) is 0 Å². The molecule has 6 heteroatoms. The van der Waals surface area contributed by atoms with Gasteiger partial charge < -0.3 is 10.1 Å². The third-order valence-corrected chi connectivity index (χ3v) is 7.07. The molecule has 1 aromatic rings. The Morgan fingerprint density at radius 3 is 2.59 bits per heavy atom. The lowest BCUT2D eigenvalue weighted by molar-refractivity contribution is -0.119. The zero-order valence-electron chi connectivity index (χ0n) is 17.2. The number of amidine groups is 1. The van der Waals surface area contributed by atoms with Gasteiger partial charge in [0.15, 0.2) is 5.17 Å². The molecule has 1 heterocycles. The molecule has 1 amide bonds. The van der Waals surface area contributed by atoms with Gasteiger partial charge in [-0.05, 0) is 47.8 Å². The third-order valence-electron chi connectivity index (χ3n) is 5.90. The Balaban J connectivity index is 1.25. The number of allylic oxidation sites excluding steroid dienone is 1. The van der Waals surface area contributed by atoms with Gasteiger partial charge in [-0.3, -0.25) is 9.79 Å². The topological polar surface area (TPSA) is 67.8 Å². The lowest BCUT2D eigenvalue weighted by Gasteiger charge is -2.18. The van der Waals surface area contributed by atoms with Crippen LogP contribution >= 0.6 is 11.8 Å². The van der Waals surface area contributed by atoms with Crippen LogP contribution < -0.4 is 5.32 Å². The van der Waals surface area contributed by atoms with E-state index in [2.05, 4.69) is 38.2 Å². The monoisotopic (exact) mass is 412 g/mol. The molecule has 2 bridgehead atoms. The summed E-state index contributed by atoms with van der Waals surface area (Å²) in [5.41, 5.74) is 1.75. The molecule has 2 fully saturated rings. The standard InChI is InChI=1S/C23H28N2O3S/c1-23(2,3)17-8-6-15(7-9-17)21(27)28-11-10-19-20(26)25-22(29-19)24-18-13-14-4-5-16(18)12-14/h4-9,14,16,18-19H,10-13H2,1-3H3,(H,24,25,26). The van der Waals surface area contributed by atoms with Crippen LogP contribution in [0, 0.1) is 11.8 Å². The molecule has 4 rings (SSSR count). The minimum atomic E-state index is -0.350. The van der Waals surface area contributed by atoms with Gasteiger partial charge in [-0.15, -0.1) is 0 Å². The van der Waals surface area contributed by atoms with Gasteiger partial charge in [0, 0.05) is 6.42 Å². The van der Waals surface area contributed by atoms with E-state index >= 15 is 0 Å². The quantitative estimate of drug-likeness (QED) is 0.584. The van der Waals surface area contributed by atoms with Gasteiger partial charge >= 0.3 is 5.97 Å². The van der Waals surface area contributed by atoms with Crippen molar-refractivity contribution in [1.29, 1.82) is 0 Å². The van der Waals surface area contributed by atoms with Crippen molar-refractivity contribution in [3.8, 4) is 0 Å². The predicted molar refractivity (Wildman–Crippen MR) is 116 cm³/mol. The highest BCUT2D eigenvalue weighted by molar-refractivity contribution is 8.15. The van der Waals surface area contributed by atoms with E-state index in [4.69, 9.17) is 9.73 Å². The number of carbonyl (C=O) groups is 2. The van der Waals surface area contributed by atoms with Crippen molar-refractivity contribution in [2.24, 2.45) is 16.8 Å². The molecular formula is C23H28N2O3S. The zero-order valence-corrected chi connectivity index (χ0v) is 18.0. The van der Waals surface area contributed by atoms with Crippen LogP contribution in [0.3, 0.4) is 0 Å². The molecule has 29 heavy (non-hydrogen) atoms. The van der Waals surface area contributed by atoms with Gasteiger partial charge in [0.05, 0.1) is 23.5 Å². The van der Waals surface area contributed by atoms with Crippen molar-refractivity contribution < 1.29 is 14.3 Å². The maximum Gasteiger partial charge on any atom is 0.338 e. The van der Waals surface area contributed by atoms with Crippen LogP contribution in [0.5, 0.6) is 0 Å². The first-order valence-electron chi connectivity index (χ1n) is 10.3. The van der Waals surface area contributed by atoms with Crippen molar-refractivity contribution in [2.75, 3.05) is 6.61 Å². The molecule has 1 aliphatic heterocycles. The fraction of sp³-hybridized carbons (Fsp3) is 0.522. The molecule has 0 spiro atoms. The fourth-order valence-electron chi connectivity index (χ4n) is 4.16. The first-order chi connectivity index (χ1) is 13.8. The Hall–Kier alpha value is -2.08. The van der Waals surface area contributed by atoms with E-state index in [1.807, 2.05) is 12.1 Å². The number of ether oxygens (including phenoxy) is 1. The second-order valence-corrected chi connectivity index (χ2v) is 10.3. The van der Waals surface area contributed by atoms with E-state index in [0.717, 1.165) is 11.6 Å². The normalized spacial score (nSPS) is 29.5. The van der Waals surface area contributed by atoms with Crippen LogP contribution in [-0.4, -0.2) is 34.9 Å². The van der Waals surface area contributed by atoms with Gasteiger partial charge in [0.2, 0.25) is 5.91 Å². The van der Waals surface area contributed by atoms with Gasteiger partial charge in [0.25, 0.3) is 0 Å². The number of nitrogens with one attached hydrogen (secondary N) is 1. The number of hydrogen-bond donors (Lipinski definition) is 1. The second kappa shape index (κ2) is 7.98. The first-order valence-corrected chi connectivity index (χ1v) is 11.2. The number of hydrogen-bond acceptors (Lipinski definition) is 5. The van der Waals surface area contributed by atoms with Crippen molar-refractivity contribution >= 4 is 28.8 Å². The largest absolute Gasteiger partial charge is 0.462 e. The summed E-state index contributed by atoms with van der Waals surface area (Å²) in [6.07, 6.45) is 7.30. The lowest BCUT2D eigenvalue weighted by Crippen LogP contribution is -2.27. The summed E-state index contributed by atoms with van der Waals surface area (Å²) in [6, 6.07) is 7.82. The molecule has 1 saturated heterocycles. The second-order valence-electron chi connectivity index (χ2n) is 9.13. The first kappa shape index (κ1) is 20.2. The number of benzene rings is 1. The number of fused-ring (bicyclic) bond motifs is 2. The van der Waals surface area contributed by atoms with Crippen molar-refractivity contribution in [3.63, 3.8) is 0 Å². The molecule has 4 unspecified atom stereocenters. The van der Waals surface area contributed by atoms with Gasteiger partial charge in [0.1, 0.15) is 0 Å². The smallest absolute Gasteiger partial charge is 0.338 e. The van der Waals surface area contributed by atoms with E-state index in [1.165, 1.54) is 23.7 Å². The van der Waals surface area contributed by atoms with Gasteiger partial charge in [-0.2, -0.15) is 0 Å². The van der Waals surface area contributed by atoms with E-state index in [1.54, 1.807) is 12.1 Å². The highest BCUT2D eigenvalue weighted by atomic mass is 32.2. The number of nitrogens with zero attached hydrogens (tertiary/aromatic N) is 1. The molecular weight excluding hydrogens is 384 g/mol. The number of esters is 1. The van der Waals surface area contributed by atoms with Crippen LogP contribution in [0.1, 0.15) is 56.0 Å². The number of aliphatic imine (C=N–C) groups is 1. The van der Waals surface area contributed by atoms with E-state index in [-0.39, 0.29) is 29.1 Å². The number of thioether (sulfide) groups is 1. The summed E-state index contributed by atoms with van der Waals surface area (Å²) in [4.78, 5) is 29.3. The van der Waals surface area contributed by atoms with Crippen LogP contribution in [-0.2, 0) is 14.9 Å². The number of amides is 1. The molecule has 1 saturated carbocycles. The van der Waals surface area contributed by atoms with Crippen LogP contribution in [0.25, 0.3) is 0 Å². The minimum absolute atomic E-state index is 0.0435. The number of carbonyl (C=O) groups excluding carboxylic acids is 2. The zero-order chi connectivity index (χ0) is 20.6.